The van der Waals surface area contributed by atoms with Gasteiger partial charge in [0.15, 0.2) is 0 Å². The predicted molar refractivity (Wildman–Crippen MR) is 123 cm³/mol. The molecule has 31 heavy (non-hydrogen) atoms. The number of carbonyl (C=O) groups excluding carboxylic acids is 1. The number of aromatic nitrogens is 2. The first kappa shape index (κ1) is 21.6. The van der Waals surface area contributed by atoms with Crippen molar-refractivity contribution >= 4 is 17.5 Å². The molecule has 1 aromatic heterocycles. The van der Waals surface area contributed by atoms with Gasteiger partial charge in [0, 0.05) is 25.2 Å². The maximum atomic E-state index is 13.1. The third-order valence-corrected chi connectivity index (χ3v) is 5.71. The summed E-state index contributed by atoms with van der Waals surface area (Å²) in [5.41, 5.74) is 3.91. The number of carbonyl (C=O) groups is 1. The molecular formula is C24H27ClN4O2. The molecule has 3 aromatic rings. The van der Waals surface area contributed by atoms with E-state index in [0.29, 0.717) is 23.0 Å². The average Bonchev–Trinajstić information content (AvgIpc) is 3.23. The van der Waals surface area contributed by atoms with Crippen molar-refractivity contribution in [2.75, 3.05) is 39.4 Å². The minimum Gasteiger partial charge on any atom is -0.379 e. The number of nitrogens with zero attached hydrogens (tertiary/aromatic N) is 3. The molecular weight excluding hydrogens is 412 g/mol. The van der Waals surface area contributed by atoms with Crippen LogP contribution in [0, 0.1) is 6.92 Å². The highest BCUT2D eigenvalue weighted by atomic mass is 35.5. The van der Waals surface area contributed by atoms with Crippen LogP contribution in [0.4, 0.5) is 0 Å². The monoisotopic (exact) mass is 438 g/mol. The summed E-state index contributed by atoms with van der Waals surface area (Å²) in [7, 11) is 0. The molecule has 0 saturated carbocycles. The number of rotatable bonds is 7. The maximum absolute atomic E-state index is 13.1. The van der Waals surface area contributed by atoms with Gasteiger partial charge in [0.2, 0.25) is 0 Å². The summed E-state index contributed by atoms with van der Waals surface area (Å²) in [5, 5.41) is 8.38. The molecule has 0 radical (unpaired) electrons. The zero-order chi connectivity index (χ0) is 21.6. The number of nitrogens with one attached hydrogen (secondary N) is 1. The lowest BCUT2D eigenvalue weighted by Crippen LogP contribution is -2.38. The Morgan fingerprint density at radius 2 is 1.94 bits per heavy atom. The largest absolute Gasteiger partial charge is 0.379 e. The average molecular weight is 439 g/mol. The summed E-state index contributed by atoms with van der Waals surface area (Å²) < 4.78 is 7.08. The first-order valence-corrected chi connectivity index (χ1v) is 11.0. The highest BCUT2D eigenvalue weighted by molar-refractivity contribution is 6.33. The van der Waals surface area contributed by atoms with E-state index in [1.54, 1.807) is 10.7 Å². The summed E-state index contributed by atoms with van der Waals surface area (Å²) in [5.74, 6) is -0.144. The Balaban J connectivity index is 1.53. The van der Waals surface area contributed by atoms with E-state index in [1.165, 1.54) is 0 Å². The third kappa shape index (κ3) is 5.34. The Hall–Kier alpha value is -2.67. The van der Waals surface area contributed by atoms with Gasteiger partial charge in [-0.1, -0.05) is 41.9 Å². The molecule has 1 fully saturated rings. The summed E-state index contributed by atoms with van der Waals surface area (Å²) in [6, 6.07) is 17.3. The van der Waals surface area contributed by atoms with Crippen molar-refractivity contribution in [3.05, 3.63) is 70.9 Å². The number of hydrogen-bond donors (Lipinski definition) is 1. The standard InChI is InChI=1S/C24H27ClN4O2/c1-18-6-4-7-19(16-18)29-23(17-22(27-29)20-8-2-3-9-21(20)25)24(30)26-10-5-11-28-12-14-31-15-13-28/h2-4,6-9,16-17H,5,10-15H2,1H3,(H,26,30). The fourth-order valence-corrected chi connectivity index (χ4v) is 3.95. The van der Waals surface area contributed by atoms with E-state index in [4.69, 9.17) is 21.4 Å². The number of aryl methyl sites for hydroxylation is 1. The van der Waals surface area contributed by atoms with Crippen molar-refractivity contribution in [2.24, 2.45) is 0 Å². The van der Waals surface area contributed by atoms with Gasteiger partial charge < -0.3 is 10.1 Å². The summed E-state index contributed by atoms with van der Waals surface area (Å²) in [6.45, 7) is 7.06. The minimum absolute atomic E-state index is 0.144. The highest BCUT2D eigenvalue weighted by Crippen LogP contribution is 2.28. The van der Waals surface area contributed by atoms with Crippen LogP contribution in [0.5, 0.6) is 0 Å². The molecule has 6 nitrogen and oxygen atoms in total. The lowest BCUT2D eigenvalue weighted by atomic mass is 10.1. The fourth-order valence-electron chi connectivity index (χ4n) is 3.72. The van der Waals surface area contributed by atoms with Crippen molar-refractivity contribution in [1.82, 2.24) is 20.0 Å². The summed E-state index contributed by atoms with van der Waals surface area (Å²) >= 11 is 6.38. The Kier molecular flexibility index (Phi) is 7.02. The normalized spacial score (nSPS) is 14.5. The first-order valence-electron chi connectivity index (χ1n) is 10.6. The molecule has 1 aliphatic rings. The zero-order valence-electron chi connectivity index (χ0n) is 17.7. The molecule has 2 aromatic carbocycles. The Morgan fingerprint density at radius 3 is 2.71 bits per heavy atom. The van der Waals surface area contributed by atoms with Crippen molar-refractivity contribution in [1.29, 1.82) is 0 Å². The topological polar surface area (TPSA) is 59.4 Å². The summed E-state index contributed by atoms with van der Waals surface area (Å²) in [4.78, 5) is 15.4. The van der Waals surface area contributed by atoms with Crippen LogP contribution in [0.25, 0.3) is 16.9 Å². The van der Waals surface area contributed by atoms with Gasteiger partial charge in [-0.3, -0.25) is 9.69 Å². The van der Waals surface area contributed by atoms with E-state index in [0.717, 1.165) is 56.1 Å². The summed E-state index contributed by atoms with van der Waals surface area (Å²) in [6.07, 6.45) is 0.891. The SMILES string of the molecule is Cc1cccc(-n2nc(-c3ccccc3Cl)cc2C(=O)NCCCN2CCOCC2)c1. The number of amides is 1. The van der Waals surface area contributed by atoms with E-state index in [2.05, 4.69) is 10.2 Å². The Labute approximate surface area is 187 Å². The molecule has 1 N–H and O–H groups in total. The van der Waals surface area contributed by atoms with Crippen LogP contribution in [0.15, 0.2) is 54.6 Å². The van der Waals surface area contributed by atoms with Gasteiger partial charge in [-0.25, -0.2) is 4.68 Å². The molecule has 1 amide bonds. The first-order chi connectivity index (χ1) is 15.1. The number of halogens is 1. The molecule has 0 unspecified atom stereocenters. The minimum atomic E-state index is -0.144. The van der Waals surface area contributed by atoms with E-state index in [1.807, 2.05) is 55.5 Å². The third-order valence-electron chi connectivity index (χ3n) is 5.38. The second kappa shape index (κ2) is 10.1. The molecule has 0 bridgehead atoms. The number of benzene rings is 2. The Morgan fingerprint density at radius 1 is 1.13 bits per heavy atom. The van der Waals surface area contributed by atoms with Gasteiger partial charge in [-0.15, -0.1) is 0 Å². The molecule has 2 heterocycles. The van der Waals surface area contributed by atoms with Crippen molar-refractivity contribution in [2.45, 2.75) is 13.3 Å². The quantitative estimate of drug-likeness (QED) is 0.567. The maximum Gasteiger partial charge on any atom is 0.270 e. The van der Waals surface area contributed by atoms with Crippen molar-refractivity contribution < 1.29 is 9.53 Å². The number of morpholine rings is 1. The molecule has 0 aliphatic carbocycles. The van der Waals surface area contributed by atoms with Crippen LogP contribution in [0.1, 0.15) is 22.5 Å². The van der Waals surface area contributed by atoms with E-state index >= 15 is 0 Å². The van der Waals surface area contributed by atoms with Gasteiger partial charge in [-0.2, -0.15) is 5.10 Å². The van der Waals surface area contributed by atoms with Crippen LogP contribution in [0.2, 0.25) is 5.02 Å². The van der Waals surface area contributed by atoms with Crippen molar-refractivity contribution in [3.63, 3.8) is 0 Å². The van der Waals surface area contributed by atoms with Gasteiger partial charge in [0.1, 0.15) is 5.69 Å². The van der Waals surface area contributed by atoms with Gasteiger partial charge >= 0.3 is 0 Å². The van der Waals surface area contributed by atoms with E-state index in [9.17, 15) is 4.79 Å². The van der Waals surface area contributed by atoms with Gasteiger partial charge in [-0.05, 0) is 49.7 Å². The van der Waals surface area contributed by atoms with Crippen LogP contribution in [0.3, 0.4) is 0 Å². The second-order valence-corrected chi connectivity index (χ2v) is 8.12. The highest BCUT2D eigenvalue weighted by Gasteiger charge is 2.19. The fraction of sp³-hybridized carbons (Fsp3) is 0.333. The van der Waals surface area contributed by atoms with Crippen molar-refractivity contribution in [3.8, 4) is 16.9 Å². The molecule has 0 atom stereocenters. The van der Waals surface area contributed by atoms with E-state index in [-0.39, 0.29) is 5.91 Å². The Bertz CT molecular complexity index is 1040. The lowest BCUT2D eigenvalue weighted by molar-refractivity contribution is 0.0374. The molecule has 7 heteroatoms. The van der Waals surface area contributed by atoms with Crippen LogP contribution in [-0.2, 0) is 4.74 Å². The van der Waals surface area contributed by atoms with Crippen LogP contribution in [-0.4, -0.2) is 60.0 Å². The zero-order valence-corrected chi connectivity index (χ0v) is 18.4. The molecule has 162 valence electrons. The smallest absolute Gasteiger partial charge is 0.270 e. The molecule has 0 spiro atoms. The number of hydrogen-bond acceptors (Lipinski definition) is 4. The van der Waals surface area contributed by atoms with E-state index < -0.39 is 0 Å². The predicted octanol–water partition coefficient (Wildman–Crippen LogP) is 3.95. The van der Waals surface area contributed by atoms with Crippen LogP contribution < -0.4 is 5.32 Å². The molecule has 1 saturated heterocycles. The van der Waals surface area contributed by atoms with Crippen LogP contribution >= 0.6 is 11.6 Å². The number of ether oxygens (including phenoxy) is 1. The van der Waals surface area contributed by atoms with Gasteiger partial charge in [0.25, 0.3) is 5.91 Å². The second-order valence-electron chi connectivity index (χ2n) is 7.71. The molecule has 4 rings (SSSR count). The lowest BCUT2D eigenvalue weighted by Gasteiger charge is -2.26. The molecule has 1 aliphatic heterocycles. The van der Waals surface area contributed by atoms with Gasteiger partial charge in [0.05, 0.1) is 29.6 Å².